The van der Waals surface area contributed by atoms with Crippen LogP contribution < -0.4 is 10.6 Å². The van der Waals surface area contributed by atoms with E-state index in [9.17, 15) is 27.6 Å². The fraction of sp³-hybridized carbons (Fsp3) is 0.395. The second kappa shape index (κ2) is 14.5. The quantitative estimate of drug-likeness (QED) is 0.258. The molecule has 2 aliphatic rings. The molecule has 1 fully saturated rings. The lowest BCUT2D eigenvalue weighted by molar-refractivity contribution is -0.149. The molecule has 8 nitrogen and oxygen atoms in total. The maximum Gasteiger partial charge on any atom is 0.416 e. The highest BCUT2D eigenvalue weighted by atomic mass is 19.4. The Bertz CT molecular complexity index is 1740. The van der Waals surface area contributed by atoms with Crippen molar-refractivity contribution < 1.29 is 37.0 Å². The van der Waals surface area contributed by atoms with Crippen LogP contribution in [-0.4, -0.2) is 54.7 Å². The highest BCUT2D eigenvalue weighted by Crippen LogP contribution is 2.35. The van der Waals surface area contributed by atoms with Gasteiger partial charge in [0, 0.05) is 25.2 Å². The van der Waals surface area contributed by atoms with Crippen molar-refractivity contribution in [3.05, 3.63) is 100 Å². The van der Waals surface area contributed by atoms with Gasteiger partial charge in [0.2, 0.25) is 5.91 Å². The lowest BCUT2D eigenvalue weighted by Crippen LogP contribution is -2.46. The van der Waals surface area contributed by atoms with Crippen molar-refractivity contribution in [1.29, 1.82) is 0 Å². The number of amides is 3. The third-order valence-electron chi connectivity index (χ3n) is 8.49. The summed E-state index contributed by atoms with van der Waals surface area (Å²) >= 11 is 0. The van der Waals surface area contributed by atoms with Gasteiger partial charge in [-0.1, -0.05) is 42.5 Å². The molecule has 11 heteroatoms. The molecule has 0 bridgehead atoms. The Morgan fingerprint density at radius 2 is 1.69 bits per heavy atom. The number of nitrogens with zero attached hydrogens (tertiary/aromatic N) is 1. The van der Waals surface area contributed by atoms with Crippen molar-refractivity contribution in [3.63, 3.8) is 0 Å². The molecule has 3 amide bonds. The van der Waals surface area contributed by atoms with Crippen LogP contribution in [0.4, 0.5) is 18.0 Å². The fourth-order valence-corrected chi connectivity index (χ4v) is 5.85. The van der Waals surface area contributed by atoms with Crippen molar-refractivity contribution in [1.82, 2.24) is 15.5 Å². The van der Waals surface area contributed by atoms with Crippen molar-refractivity contribution >= 4 is 23.5 Å². The summed E-state index contributed by atoms with van der Waals surface area (Å²) in [6.45, 7) is 11.0. The van der Waals surface area contributed by atoms with E-state index in [4.69, 9.17) is 9.47 Å². The van der Waals surface area contributed by atoms with Crippen LogP contribution in [0.2, 0.25) is 0 Å². The zero-order chi connectivity index (χ0) is 35.5. The summed E-state index contributed by atoms with van der Waals surface area (Å²) in [4.78, 5) is 40.3. The first-order valence-electron chi connectivity index (χ1n) is 16.3. The molecule has 0 saturated carbocycles. The number of benzene rings is 3. The largest absolute Gasteiger partial charge is 0.444 e. The number of alkyl halides is 3. The number of hydrogen-bond acceptors (Lipinski definition) is 5. The maximum absolute atomic E-state index is 13.6. The molecule has 0 unspecified atom stereocenters. The van der Waals surface area contributed by atoms with E-state index < -0.39 is 29.5 Å². The Labute approximate surface area is 284 Å². The number of hydrogen-bond donors (Lipinski definition) is 2. The molecule has 0 aliphatic carbocycles. The number of rotatable bonds is 8. The van der Waals surface area contributed by atoms with E-state index in [1.807, 2.05) is 36.9 Å². The summed E-state index contributed by atoms with van der Waals surface area (Å²) < 4.78 is 51.4. The molecule has 3 aromatic carbocycles. The number of halogens is 3. The molecule has 2 aliphatic heterocycles. The molecule has 260 valence electrons. The average molecular weight is 678 g/mol. The topological polar surface area (TPSA) is 97.0 Å². The summed E-state index contributed by atoms with van der Waals surface area (Å²) in [6.07, 6.45) is -2.37. The monoisotopic (exact) mass is 677 g/mol. The van der Waals surface area contributed by atoms with Crippen LogP contribution in [0.25, 0.3) is 16.7 Å². The van der Waals surface area contributed by atoms with Gasteiger partial charge in [0.1, 0.15) is 5.60 Å². The smallest absolute Gasteiger partial charge is 0.416 e. The Hall–Kier alpha value is -4.64. The van der Waals surface area contributed by atoms with Gasteiger partial charge < -0.3 is 25.0 Å². The van der Waals surface area contributed by atoms with Crippen LogP contribution in [-0.2, 0) is 27.0 Å². The molecular formula is C38H42F3N3O5. The van der Waals surface area contributed by atoms with Crippen LogP contribution in [0, 0.1) is 12.8 Å². The van der Waals surface area contributed by atoms with Crippen LogP contribution in [0.15, 0.2) is 66.7 Å². The standard InChI is InChI=1S/C38H42F3N3O5/c1-23-15-29(28-7-6-14-44(20-28)35(46)31-21-48-22-31)17-30(16-23)34(45)43-24(2)25-8-10-26(11-9-25)33-18-32(38(39,40)41)13-12-27(33)19-42-36(47)49-37(3,4)5/h7-13,15-18,24,31H,6,14,19-22H2,1-5H3,(H,42,47)(H,43,45)/t24-/m1/s1. The van der Waals surface area contributed by atoms with Gasteiger partial charge in [-0.25, -0.2) is 4.79 Å². The van der Waals surface area contributed by atoms with Crippen molar-refractivity contribution in [3.8, 4) is 11.1 Å². The van der Waals surface area contributed by atoms with E-state index in [0.29, 0.717) is 48.6 Å². The van der Waals surface area contributed by atoms with Crippen molar-refractivity contribution in [2.45, 2.75) is 65.4 Å². The Balaban J connectivity index is 1.29. The predicted octanol–water partition coefficient (Wildman–Crippen LogP) is 7.46. The maximum atomic E-state index is 13.6. The van der Waals surface area contributed by atoms with Crippen LogP contribution in [0.5, 0.6) is 0 Å². The minimum absolute atomic E-state index is 0.0319. The molecule has 2 N–H and O–H groups in total. The van der Waals surface area contributed by atoms with Gasteiger partial charge in [0.15, 0.2) is 0 Å². The van der Waals surface area contributed by atoms with Crippen molar-refractivity contribution in [2.75, 3.05) is 26.3 Å². The summed E-state index contributed by atoms with van der Waals surface area (Å²) in [7, 11) is 0. The molecule has 0 aromatic heterocycles. The Morgan fingerprint density at radius 1 is 0.980 bits per heavy atom. The molecule has 3 aromatic rings. The highest BCUT2D eigenvalue weighted by molar-refractivity contribution is 5.96. The second-order valence-electron chi connectivity index (χ2n) is 13.6. The summed E-state index contributed by atoms with van der Waals surface area (Å²) in [5, 5.41) is 5.65. The molecule has 0 spiro atoms. The van der Waals surface area contributed by atoms with E-state index >= 15 is 0 Å². The molecule has 1 saturated heterocycles. The Morgan fingerprint density at radius 3 is 2.33 bits per heavy atom. The zero-order valence-electron chi connectivity index (χ0n) is 28.4. The van der Waals surface area contributed by atoms with E-state index in [1.165, 1.54) is 6.07 Å². The molecule has 0 radical (unpaired) electrons. The van der Waals surface area contributed by atoms with Gasteiger partial charge in [0.25, 0.3) is 5.91 Å². The summed E-state index contributed by atoms with van der Waals surface area (Å²) in [5.41, 5.74) is 3.85. The van der Waals surface area contributed by atoms with Gasteiger partial charge >= 0.3 is 12.3 Å². The van der Waals surface area contributed by atoms with Gasteiger partial charge in [-0.05, 0) is 104 Å². The number of carbonyl (C=O) groups excluding carboxylic acids is 3. The highest BCUT2D eigenvalue weighted by Gasteiger charge is 2.33. The minimum Gasteiger partial charge on any atom is -0.444 e. The average Bonchev–Trinajstić information content (AvgIpc) is 3.01. The molecule has 1 atom stereocenters. The number of alkyl carbamates (subject to hydrolysis) is 1. The normalized spacial score (nSPS) is 15.9. The molecule has 49 heavy (non-hydrogen) atoms. The SMILES string of the molecule is Cc1cc(C(=O)N[C@H](C)c2ccc(-c3cc(C(F)(F)F)ccc3CNC(=O)OC(C)(C)C)cc2)cc(C2=CCCN(C(=O)C3COC3)C2)c1. The van der Waals surface area contributed by atoms with Gasteiger partial charge in [-0.3, -0.25) is 9.59 Å². The lowest BCUT2D eigenvalue weighted by Gasteiger charge is -2.34. The van der Waals surface area contributed by atoms with Crippen LogP contribution >= 0.6 is 0 Å². The first-order valence-corrected chi connectivity index (χ1v) is 16.3. The first-order chi connectivity index (χ1) is 23.1. The van der Waals surface area contributed by atoms with Crippen LogP contribution in [0.3, 0.4) is 0 Å². The van der Waals surface area contributed by atoms with E-state index in [-0.39, 0.29) is 24.3 Å². The number of ether oxygens (including phenoxy) is 2. The third-order valence-corrected chi connectivity index (χ3v) is 8.49. The van der Waals surface area contributed by atoms with E-state index in [1.54, 1.807) is 45.0 Å². The minimum atomic E-state index is -4.55. The predicted molar refractivity (Wildman–Crippen MR) is 180 cm³/mol. The second-order valence-corrected chi connectivity index (χ2v) is 13.6. The van der Waals surface area contributed by atoms with E-state index in [2.05, 4.69) is 16.7 Å². The molecule has 2 heterocycles. The number of nitrogens with one attached hydrogen (secondary N) is 2. The zero-order valence-corrected chi connectivity index (χ0v) is 28.4. The molecule has 5 rings (SSSR count). The van der Waals surface area contributed by atoms with Crippen LogP contribution in [0.1, 0.15) is 78.3 Å². The summed E-state index contributed by atoms with van der Waals surface area (Å²) in [5.74, 6) is -0.253. The number of carbonyl (C=O) groups is 3. The van der Waals surface area contributed by atoms with Gasteiger partial charge in [-0.15, -0.1) is 0 Å². The van der Waals surface area contributed by atoms with Crippen molar-refractivity contribution in [2.24, 2.45) is 5.92 Å². The fourth-order valence-electron chi connectivity index (χ4n) is 5.85. The van der Waals surface area contributed by atoms with Gasteiger partial charge in [0.05, 0.1) is 30.7 Å². The lowest BCUT2D eigenvalue weighted by atomic mass is 9.94. The number of aryl methyl sites for hydroxylation is 1. The first kappa shape index (κ1) is 35.7. The van der Waals surface area contributed by atoms with Gasteiger partial charge in [-0.2, -0.15) is 13.2 Å². The Kier molecular flexibility index (Phi) is 10.5. The third kappa shape index (κ3) is 9.08. The van der Waals surface area contributed by atoms with E-state index in [0.717, 1.165) is 40.8 Å². The summed E-state index contributed by atoms with van der Waals surface area (Å²) in [6, 6.07) is 15.6. The molecular weight excluding hydrogens is 635 g/mol.